The Balaban J connectivity index is 2.09. The van der Waals surface area contributed by atoms with E-state index in [4.69, 9.17) is 9.47 Å². The number of likely N-dealkylation sites (N-methyl/N-ethyl adjacent to an activating group) is 1. The quantitative estimate of drug-likeness (QED) is 0.612. The highest BCUT2D eigenvalue weighted by Gasteiger charge is 2.16. The van der Waals surface area contributed by atoms with Crippen LogP contribution in [0.4, 0.5) is 17.1 Å². The van der Waals surface area contributed by atoms with Crippen molar-refractivity contribution in [2.45, 2.75) is 0 Å². The van der Waals surface area contributed by atoms with Crippen molar-refractivity contribution in [3.8, 4) is 11.5 Å². The lowest BCUT2D eigenvalue weighted by Gasteiger charge is -2.20. The van der Waals surface area contributed by atoms with Gasteiger partial charge in [0.1, 0.15) is 5.69 Å². The van der Waals surface area contributed by atoms with E-state index >= 15 is 0 Å². The lowest BCUT2D eigenvalue weighted by atomic mass is 10.2. The number of hydrogen-bond donors (Lipinski definition) is 1. The summed E-state index contributed by atoms with van der Waals surface area (Å²) < 4.78 is 10.4. The third-order valence-corrected chi connectivity index (χ3v) is 3.56. The van der Waals surface area contributed by atoms with E-state index in [2.05, 4.69) is 5.32 Å². The Kier molecular flexibility index (Phi) is 5.78. The molecule has 0 unspecified atom stereocenters. The first kappa shape index (κ1) is 18.1. The molecule has 0 radical (unpaired) electrons. The average Bonchev–Trinajstić information content (AvgIpc) is 2.61. The Morgan fingerprint density at radius 1 is 1.16 bits per heavy atom. The average molecular weight is 345 g/mol. The van der Waals surface area contributed by atoms with Gasteiger partial charge in [-0.2, -0.15) is 0 Å². The Morgan fingerprint density at radius 3 is 2.48 bits per heavy atom. The third-order valence-electron chi connectivity index (χ3n) is 3.56. The molecule has 0 atom stereocenters. The molecule has 0 bridgehead atoms. The zero-order valence-electron chi connectivity index (χ0n) is 14.2. The predicted molar refractivity (Wildman–Crippen MR) is 94.5 cm³/mol. The second-order valence-corrected chi connectivity index (χ2v) is 5.22. The van der Waals surface area contributed by atoms with Gasteiger partial charge in [0.2, 0.25) is 5.91 Å². The number of anilines is 2. The van der Waals surface area contributed by atoms with Gasteiger partial charge in [-0.25, -0.2) is 0 Å². The summed E-state index contributed by atoms with van der Waals surface area (Å²) in [4.78, 5) is 24.4. The van der Waals surface area contributed by atoms with E-state index < -0.39 is 4.92 Å². The Bertz CT molecular complexity index is 779. The zero-order valence-corrected chi connectivity index (χ0v) is 14.2. The van der Waals surface area contributed by atoms with Crippen molar-refractivity contribution in [3.05, 3.63) is 52.6 Å². The van der Waals surface area contributed by atoms with Crippen molar-refractivity contribution in [3.63, 3.8) is 0 Å². The van der Waals surface area contributed by atoms with E-state index in [1.807, 2.05) is 0 Å². The van der Waals surface area contributed by atoms with Gasteiger partial charge in [0.25, 0.3) is 5.69 Å². The number of rotatable bonds is 7. The predicted octanol–water partition coefficient (Wildman–Crippen LogP) is 2.69. The van der Waals surface area contributed by atoms with Crippen LogP contribution in [0.1, 0.15) is 0 Å². The van der Waals surface area contributed by atoms with Crippen molar-refractivity contribution in [1.82, 2.24) is 0 Å². The van der Waals surface area contributed by atoms with Crippen LogP contribution < -0.4 is 19.7 Å². The first-order chi connectivity index (χ1) is 12.0. The van der Waals surface area contributed by atoms with Crippen LogP contribution >= 0.6 is 0 Å². The minimum Gasteiger partial charge on any atom is -0.493 e. The summed E-state index contributed by atoms with van der Waals surface area (Å²) in [5.41, 5.74) is 0.762. The number of ether oxygens (including phenoxy) is 2. The van der Waals surface area contributed by atoms with Crippen LogP contribution in [-0.2, 0) is 4.79 Å². The molecular weight excluding hydrogens is 326 g/mol. The van der Waals surface area contributed by atoms with Gasteiger partial charge >= 0.3 is 0 Å². The van der Waals surface area contributed by atoms with Crippen molar-refractivity contribution in [1.29, 1.82) is 0 Å². The fourth-order valence-corrected chi connectivity index (χ4v) is 2.30. The fourth-order valence-electron chi connectivity index (χ4n) is 2.30. The number of nitro benzene ring substituents is 1. The molecule has 8 nitrogen and oxygen atoms in total. The highest BCUT2D eigenvalue weighted by Crippen LogP contribution is 2.31. The summed E-state index contributed by atoms with van der Waals surface area (Å²) in [6, 6.07) is 11.3. The molecular formula is C17H19N3O5. The number of nitrogens with one attached hydrogen (secondary N) is 1. The van der Waals surface area contributed by atoms with Gasteiger partial charge in [-0.05, 0) is 18.2 Å². The second kappa shape index (κ2) is 8.00. The molecule has 0 saturated carbocycles. The number of benzene rings is 2. The topological polar surface area (TPSA) is 93.9 Å². The Hall–Kier alpha value is -3.29. The van der Waals surface area contributed by atoms with E-state index in [1.54, 1.807) is 49.4 Å². The minimum atomic E-state index is -0.534. The van der Waals surface area contributed by atoms with Crippen molar-refractivity contribution in [2.75, 3.05) is 38.0 Å². The molecule has 0 saturated heterocycles. The van der Waals surface area contributed by atoms with Crippen LogP contribution in [0, 0.1) is 10.1 Å². The largest absolute Gasteiger partial charge is 0.493 e. The first-order valence-electron chi connectivity index (χ1n) is 7.42. The molecule has 1 N–H and O–H groups in total. The van der Waals surface area contributed by atoms with Crippen molar-refractivity contribution < 1.29 is 19.2 Å². The summed E-state index contributed by atoms with van der Waals surface area (Å²) in [6.45, 7) is 0.0154. The van der Waals surface area contributed by atoms with Crippen LogP contribution in [0.5, 0.6) is 11.5 Å². The molecule has 2 aromatic rings. The van der Waals surface area contributed by atoms with E-state index in [-0.39, 0.29) is 23.8 Å². The number of para-hydroxylation sites is 2. The Labute approximate surface area is 145 Å². The number of amides is 1. The number of nitrogens with zero attached hydrogens (tertiary/aromatic N) is 2. The van der Waals surface area contributed by atoms with Crippen LogP contribution in [0.2, 0.25) is 0 Å². The molecule has 132 valence electrons. The summed E-state index contributed by atoms with van der Waals surface area (Å²) in [7, 11) is 4.81. The highest BCUT2D eigenvalue weighted by molar-refractivity contribution is 5.96. The van der Waals surface area contributed by atoms with Crippen LogP contribution in [-0.4, -0.2) is 38.6 Å². The van der Waals surface area contributed by atoms with Crippen LogP contribution in [0.15, 0.2) is 42.5 Å². The van der Waals surface area contributed by atoms with Crippen molar-refractivity contribution in [2.24, 2.45) is 0 Å². The number of hydrogen-bond acceptors (Lipinski definition) is 6. The van der Waals surface area contributed by atoms with E-state index in [0.29, 0.717) is 11.5 Å². The second-order valence-electron chi connectivity index (χ2n) is 5.22. The first-order valence-corrected chi connectivity index (χ1v) is 7.42. The maximum Gasteiger partial charge on any atom is 0.292 e. The molecule has 0 fully saturated rings. The molecule has 1 amide bonds. The SMILES string of the molecule is COc1ccc(N(C)CC(=O)Nc2ccccc2[N+](=O)[O-])cc1OC. The number of nitro groups is 1. The number of carbonyl (C=O) groups excluding carboxylic acids is 1. The molecule has 8 heteroatoms. The lowest BCUT2D eigenvalue weighted by molar-refractivity contribution is -0.383. The summed E-state index contributed by atoms with van der Waals surface area (Å²) in [5, 5.41) is 13.6. The van der Waals surface area contributed by atoms with Crippen LogP contribution in [0.25, 0.3) is 0 Å². The van der Waals surface area contributed by atoms with Gasteiger partial charge in [0, 0.05) is 24.9 Å². The van der Waals surface area contributed by atoms with Gasteiger partial charge in [0.15, 0.2) is 11.5 Å². The molecule has 0 aliphatic rings. The molecule has 0 heterocycles. The summed E-state index contributed by atoms with van der Waals surface area (Å²) in [6.07, 6.45) is 0. The zero-order chi connectivity index (χ0) is 18.4. The van der Waals surface area contributed by atoms with Gasteiger partial charge in [-0.15, -0.1) is 0 Å². The van der Waals surface area contributed by atoms with Gasteiger partial charge < -0.3 is 19.7 Å². The molecule has 0 spiro atoms. The van der Waals surface area contributed by atoms with Crippen LogP contribution in [0.3, 0.4) is 0 Å². The van der Waals surface area contributed by atoms with E-state index in [9.17, 15) is 14.9 Å². The highest BCUT2D eigenvalue weighted by atomic mass is 16.6. The third kappa shape index (κ3) is 4.37. The molecule has 25 heavy (non-hydrogen) atoms. The maximum atomic E-state index is 12.2. The molecule has 0 aromatic heterocycles. The summed E-state index contributed by atoms with van der Waals surface area (Å²) in [5.74, 6) is 0.765. The standard InChI is InChI=1S/C17H19N3O5/c1-19(12-8-9-15(24-2)16(10-12)25-3)11-17(21)18-13-6-4-5-7-14(13)20(22)23/h4-10H,11H2,1-3H3,(H,18,21). The van der Waals surface area contributed by atoms with Gasteiger partial charge in [-0.3, -0.25) is 14.9 Å². The molecule has 0 aliphatic heterocycles. The van der Waals surface area contributed by atoms with Crippen molar-refractivity contribution >= 4 is 23.0 Å². The minimum absolute atomic E-state index is 0.0154. The number of carbonyl (C=O) groups is 1. The lowest BCUT2D eigenvalue weighted by Crippen LogP contribution is -2.30. The molecule has 2 rings (SSSR count). The molecule has 0 aliphatic carbocycles. The molecule has 2 aromatic carbocycles. The van der Waals surface area contributed by atoms with Gasteiger partial charge in [-0.1, -0.05) is 12.1 Å². The smallest absolute Gasteiger partial charge is 0.292 e. The Morgan fingerprint density at radius 2 is 1.84 bits per heavy atom. The van der Waals surface area contributed by atoms with E-state index in [0.717, 1.165) is 5.69 Å². The summed E-state index contributed by atoms with van der Waals surface area (Å²) >= 11 is 0. The van der Waals surface area contributed by atoms with Gasteiger partial charge in [0.05, 0.1) is 25.7 Å². The van der Waals surface area contributed by atoms with E-state index in [1.165, 1.54) is 19.2 Å². The number of methoxy groups -OCH3 is 2. The normalized spacial score (nSPS) is 10.0. The fraction of sp³-hybridized carbons (Fsp3) is 0.235. The maximum absolute atomic E-state index is 12.2. The monoisotopic (exact) mass is 345 g/mol.